The highest BCUT2D eigenvalue weighted by molar-refractivity contribution is 7.19. The van der Waals surface area contributed by atoms with Gasteiger partial charge in [0.15, 0.2) is 0 Å². The minimum atomic E-state index is 0.130. The smallest absolute Gasteiger partial charge is 0.0543 e. The molecular formula is C4H10NOP. The molecule has 42 valence electrons. The first-order valence-electron chi connectivity index (χ1n) is 2.10. The summed E-state index contributed by atoms with van der Waals surface area (Å²) in [6, 6.07) is 0. The van der Waals surface area contributed by atoms with E-state index in [-0.39, 0.29) is 12.3 Å². The lowest BCUT2D eigenvalue weighted by atomic mass is 10.5. The molecule has 0 heterocycles. The van der Waals surface area contributed by atoms with Gasteiger partial charge in [-0.3, -0.25) is 0 Å². The van der Waals surface area contributed by atoms with Crippen molar-refractivity contribution < 1.29 is 5.11 Å². The van der Waals surface area contributed by atoms with E-state index in [0.717, 1.165) is 0 Å². The van der Waals surface area contributed by atoms with Crippen LogP contribution in [0.3, 0.4) is 0 Å². The summed E-state index contributed by atoms with van der Waals surface area (Å²) in [4.78, 5) is 3.70. The minimum absolute atomic E-state index is 0.130. The zero-order valence-corrected chi connectivity index (χ0v) is 5.49. The lowest BCUT2D eigenvalue weighted by molar-refractivity contribution is 0.312. The zero-order chi connectivity index (χ0) is 5.70. The van der Waals surface area contributed by atoms with Gasteiger partial charge in [-0.15, -0.1) is 9.24 Å². The van der Waals surface area contributed by atoms with Crippen LogP contribution in [0.5, 0.6) is 0 Å². The van der Waals surface area contributed by atoms with Crippen LogP contribution < -0.4 is 0 Å². The number of aliphatic imine (C=N–C) groups is 1. The lowest BCUT2D eigenvalue weighted by Gasteiger charge is -1.93. The molecule has 0 saturated heterocycles. The number of hydrogen-bond donors (Lipinski definition) is 1. The molecule has 0 spiro atoms. The van der Waals surface area contributed by atoms with Crippen molar-refractivity contribution in [3.05, 3.63) is 0 Å². The molecule has 0 saturated carbocycles. The zero-order valence-electron chi connectivity index (χ0n) is 4.33. The number of aliphatic hydroxyl groups excluding tert-OH is 1. The Kier molecular flexibility index (Phi) is 4.26. The molecular weight excluding hydrogens is 109 g/mol. The van der Waals surface area contributed by atoms with Crippen molar-refractivity contribution in [2.24, 2.45) is 4.99 Å². The maximum Gasteiger partial charge on any atom is 0.0543 e. The second-order valence-corrected chi connectivity index (χ2v) is 2.11. The summed E-state index contributed by atoms with van der Waals surface area (Å²) in [5, 5.41) is 8.35. The van der Waals surface area contributed by atoms with E-state index >= 15 is 0 Å². The van der Waals surface area contributed by atoms with Gasteiger partial charge in [0, 0.05) is 18.9 Å². The average Bonchev–Trinajstić information content (AvgIpc) is 1.68. The topological polar surface area (TPSA) is 32.6 Å². The molecule has 1 N–H and O–H groups in total. The molecule has 7 heavy (non-hydrogen) atoms. The summed E-state index contributed by atoms with van der Waals surface area (Å²) >= 11 is 0. The van der Waals surface area contributed by atoms with Crippen molar-refractivity contribution in [3.8, 4) is 0 Å². The third-order valence-electron chi connectivity index (χ3n) is 0.551. The van der Waals surface area contributed by atoms with E-state index < -0.39 is 0 Å². The molecule has 0 fully saturated rings. The fourth-order valence-corrected chi connectivity index (χ4v) is 0.411. The number of hydrogen-bond acceptors (Lipinski definition) is 2. The van der Waals surface area contributed by atoms with Crippen LogP contribution in [0.4, 0.5) is 0 Å². The van der Waals surface area contributed by atoms with Crippen LogP contribution in [0.1, 0.15) is 0 Å². The number of rotatable bonds is 2. The molecule has 0 radical (unpaired) electrons. The van der Waals surface area contributed by atoms with Crippen LogP contribution in [0.25, 0.3) is 0 Å². The summed E-state index contributed by atoms with van der Waals surface area (Å²) in [5.74, 6) is 0. The van der Waals surface area contributed by atoms with Crippen LogP contribution in [-0.2, 0) is 0 Å². The van der Waals surface area contributed by atoms with Crippen LogP contribution in [-0.4, -0.2) is 30.6 Å². The lowest BCUT2D eigenvalue weighted by Crippen LogP contribution is -2.03. The van der Waals surface area contributed by atoms with E-state index in [1.54, 1.807) is 13.3 Å². The monoisotopic (exact) mass is 119 g/mol. The molecule has 2 unspecified atom stereocenters. The first-order valence-corrected chi connectivity index (χ1v) is 2.76. The highest BCUT2D eigenvalue weighted by Crippen LogP contribution is 1.91. The van der Waals surface area contributed by atoms with E-state index in [1.165, 1.54) is 0 Å². The van der Waals surface area contributed by atoms with Gasteiger partial charge >= 0.3 is 0 Å². The van der Waals surface area contributed by atoms with Crippen LogP contribution in [0.2, 0.25) is 0 Å². The predicted octanol–water partition coefficient (Wildman–Crippen LogP) is -0.0770. The van der Waals surface area contributed by atoms with Crippen LogP contribution in [0, 0.1) is 0 Å². The first kappa shape index (κ1) is 7.06. The quantitative estimate of drug-likeness (QED) is 0.400. The Hall–Kier alpha value is 0.0600. The average molecular weight is 119 g/mol. The van der Waals surface area contributed by atoms with Crippen molar-refractivity contribution in [2.45, 2.75) is 5.66 Å². The molecule has 3 heteroatoms. The van der Waals surface area contributed by atoms with Gasteiger partial charge < -0.3 is 10.1 Å². The SMILES string of the molecule is CN=CC(P)CO. The molecule has 0 aliphatic carbocycles. The van der Waals surface area contributed by atoms with E-state index in [9.17, 15) is 0 Å². The van der Waals surface area contributed by atoms with Gasteiger partial charge in [0.25, 0.3) is 0 Å². The molecule has 0 aromatic rings. The van der Waals surface area contributed by atoms with Crippen molar-refractivity contribution >= 4 is 15.5 Å². The third kappa shape index (κ3) is 3.90. The highest BCUT2D eigenvalue weighted by Gasteiger charge is 1.89. The molecule has 2 atom stereocenters. The Balaban J connectivity index is 3.16. The Morgan fingerprint density at radius 1 is 2.00 bits per heavy atom. The standard InChI is InChI=1S/C4H10NOP/c1-5-2-4(7)3-6/h2,4,6H,3,7H2,1H3. The molecule has 0 rings (SSSR count). The van der Waals surface area contributed by atoms with Gasteiger partial charge in [-0.05, 0) is 0 Å². The molecule has 0 aliphatic heterocycles. The highest BCUT2D eigenvalue weighted by atomic mass is 31.0. The molecule has 0 aromatic carbocycles. The Morgan fingerprint density at radius 3 is 2.71 bits per heavy atom. The van der Waals surface area contributed by atoms with Gasteiger partial charge in [0.1, 0.15) is 0 Å². The van der Waals surface area contributed by atoms with E-state index in [1.807, 2.05) is 0 Å². The Bertz CT molecular complexity index is 64.7. The van der Waals surface area contributed by atoms with Gasteiger partial charge in [-0.25, -0.2) is 0 Å². The second kappa shape index (κ2) is 4.23. The van der Waals surface area contributed by atoms with Gasteiger partial charge in [0.05, 0.1) is 6.61 Å². The normalized spacial score (nSPS) is 15.3. The van der Waals surface area contributed by atoms with Gasteiger partial charge in [-0.2, -0.15) is 0 Å². The molecule has 0 bridgehead atoms. The largest absolute Gasteiger partial charge is 0.395 e. The molecule has 0 aliphatic rings. The third-order valence-corrected chi connectivity index (χ3v) is 0.934. The number of nitrogens with zero attached hydrogens (tertiary/aromatic N) is 1. The van der Waals surface area contributed by atoms with Gasteiger partial charge in [-0.1, -0.05) is 0 Å². The maximum absolute atomic E-state index is 8.35. The fraction of sp³-hybridized carbons (Fsp3) is 0.750. The van der Waals surface area contributed by atoms with Crippen molar-refractivity contribution in [1.82, 2.24) is 0 Å². The minimum Gasteiger partial charge on any atom is -0.395 e. The summed E-state index contributed by atoms with van der Waals surface area (Å²) in [7, 11) is 4.14. The summed E-state index contributed by atoms with van der Waals surface area (Å²) < 4.78 is 0. The van der Waals surface area contributed by atoms with Crippen LogP contribution >= 0.6 is 9.24 Å². The van der Waals surface area contributed by atoms with Gasteiger partial charge in [0.2, 0.25) is 0 Å². The van der Waals surface area contributed by atoms with Crippen molar-refractivity contribution in [1.29, 1.82) is 0 Å². The second-order valence-electron chi connectivity index (χ2n) is 1.25. The van der Waals surface area contributed by atoms with Crippen molar-refractivity contribution in [3.63, 3.8) is 0 Å². The molecule has 2 nitrogen and oxygen atoms in total. The predicted molar refractivity (Wildman–Crippen MR) is 35.0 cm³/mol. The maximum atomic E-state index is 8.35. The summed E-state index contributed by atoms with van der Waals surface area (Å²) in [5.41, 5.74) is 0.130. The molecule has 0 aromatic heterocycles. The first-order chi connectivity index (χ1) is 3.31. The Labute approximate surface area is 45.9 Å². The molecule has 0 amide bonds. The summed E-state index contributed by atoms with van der Waals surface area (Å²) in [6.45, 7) is 0.155. The Morgan fingerprint density at radius 2 is 2.57 bits per heavy atom. The van der Waals surface area contributed by atoms with E-state index in [0.29, 0.717) is 0 Å². The number of aliphatic hydroxyl groups is 1. The van der Waals surface area contributed by atoms with E-state index in [2.05, 4.69) is 14.2 Å². The van der Waals surface area contributed by atoms with Crippen LogP contribution in [0.15, 0.2) is 4.99 Å². The fourth-order valence-electron chi connectivity index (χ4n) is 0.239. The van der Waals surface area contributed by atoms with E-state index in [4.69, 9.17) is 5.11 Å². The summed E-state index contributed by atoms with van der Waals surface area (Å²) in [6.07, 6.45) is 1.69. The van der Waals surface area contributed by atoms with Crippen molar-refractivity contribution in [2.75, 3.05) is 13.7 Å².